The van der Waals surface area contributed by atoms with E-state index in [0.29, 0.717) is 12.3 Å². The Bertz CT molecular complexity index is 497. The first-order chi connectivity index (χ1) is 8.78. The van der Waals surface area contributed by atoms with Crippen LogP contribution in [0.15, 0.2) is 48.5 Å². The highest BCUT2D eigenvalue weighted by Gasteiger charge is 1.99. The zero-order valence-corrected chi connectivity index (χ0v) is 10.5. The smallest absolute Gasteiger partial charge is 0.123 e. The Hall–Kier alpha value is -2.16. The summed E-state index contributed by atoms with van der Waals surface area (Å²) in [6, 6.07) is 15.9. The van der Waals surface area contributed by atoms with E-state index in [1.54, 1.807) is 0 Å². The van der Waals surface area contributed by atoms with Crippen molar-refractivity contribution in [2.45, 2.75) is 13.5 Å². The van der Waals surface area contributed by atoms with Crippen LogP contribution >= 0.6 is 0 Å². The maximum atomic E-state index is 5.84. The van der Waals surface area contributed by atoms with Gasteiger partial charge in [-0.3, -0.25) is 0 Å². The van der Waals surface area contributed by atoms with E-state index >= 15 is 0 Å². The van der Waals surface area contributed by atoms with Crippen molar-refractivity contribution >= 4 is 11.4 Å². The Labute approximate surface area is 108 Å². The van der Waals surface area contributed by atoms with Gasteiger partial charge in [-0.1, -0.05) is 30.3 Å². The number of nitrogen functional groups attached to an aromatic ring is 1. The lowest BCUT2D eigenvalue weighted by Gasteiger charge is -2.10. The second-order valence-electron chi connectivity index (χ2n) is 4.06. The van der Waals surface area contributed by atoms with Crippen molar-refractivity contribution in [3.8, 4) is 5.75 Å². The molecule has 0 aliphatic carbocycles. The van der Waals surface area contributed by atoms with Crippen molar-refractivity contribution in [3.05, 3.63) is 54.1 Å². The Morgan fingerprint density at radius 1 is 1.11 bits per heavy atom. The van der Waals surface area contributed by atoms with Gasteiger partial charge < -0.3 is 15.8 Å². The summed E-state index contributed by atoms with van der Waals surface area (Å²) >= 11 is 0. The second kappa shape index (κ2) is 5.96. The number of hydrogen-bond donors (Lipinski definition) is 2. The normalized spacial score (nSPS) is 10.1. The predicted molar refractivity (Wildman–Crippen MR) is 75.8 cm³/mol. The minimum absolute atomic E-state index is 0.640. The quantitative estimate of drug-likeness (QED) is 0.791. The second-order valence-corrected chi connectivity index (χ2v) is 4.06. The third kappa shape index (κ3) is 3.42. The molecule has 94 valence electrons. The summed E-state index contributed by atoms with van der Waals surface area (Å²) in [5, 5.41) is 3.34. The molecule has 3 heteroatoms. The molecule has 3 nitrogen and oxygen atoms in total. The maximum Gasteiger partial charge on any atom is 0.123 e. The SMILES string of the molecule is CCOc1cc(N)cc(NCc2ccccc2)c1. The van der Waals surface area contributed by atoms with Gasteiger partial charge >= 0.3 is 0 Å². The summed E-state index contributed by atoms with van der Waals surface area (Å²) in [4.78, 5) is 0. The van der Waals surface area contributed by atoms with Gasteiger partial charge in [-0.2, -0.15) is 0 Å². The number of rotatable bonds is 5. The number of nitrogens with one attached hydrogen (secondary N) is 1. The minimum atomic E-state index is 0.640. The molecule has 0 aliphatic heterocycles. The standard InChI is InChI=1S/C15H18N2O/c1-2-18-15-9-13(16)8-14(10-15)17-11-12-6-4-3-5-7-12/h3-10,17H,2,11,16H2,1H3. The topological polar surface area (TPSA) is 47.3 Å². The van der Waals surface area contributed by atoms with Crippen LogP contribution in [0.4, 0.5) is 11.4 Å². The lowest BCUT2D eigenvalue weighted by atomic mass is 10.2. The van der Waals surface area contributed by atoms with Gasteiger partial charge in [-0.25, -0.2) is 0 Å². The van der Waals surface area contributed by atoms with Gasteiger partial charge in [0.05, 0.1) is 6.61 Å². The van der Waals surface area contributed by atoms with E-state index in [1.807, 2.05) is 43.3 Å². The molecular weight excluding hydrogens is 224 g/mol. The van der Waals surface area contributed by atoms with Crippen molar-refractivity contribution < 1.29 is 4.74 Å². The summed E-state index contributed by atoms with van der Waals surface area (Å²) in [6.45, 7) is 3.37. The van der Waals surface area contributed by atoms with Gasteiger partial charge in [-0.05, 0) is 18.6 Å². The van der Waals surface area contributed by atoms with Gasteiger partial charge in [0.2, 0.25) is 0 Å². The molecule has 0 heterocycles. The molecule has 0 aliphatic rings. The fourth-order valence-electron chi connectivity index (χ4n) is 1.77. The van der Waals surface area contributed by atoms with Crippen molar-refractivity contribution in [2.24, 2.45) is 0 Å². The molecule has 0 atom stereocenters. The van der Waals surface area contributed by atoms with Gasteiger partial charge in [0, 0.05) is 30.1 Å². The highest BCUT2D eigenvalue weighted by Crippen LogP contribution is 2.23. The average molecular weight is 242 g/mol. The zero-order chi connectivity index (χ0) is 12.8. The van der Waals surface area contributed by atoms with Crippen molar-refractivity contribution in [2.75, 3.05) is 17.7 Å². The van der Waals surface area contributed by atoms with E-state index in [-0.39, 0.29) is 0 Å². The van der Waals surface area contributed by atoms with Crippen molar-refractivity contribution in [1.82, 2.24) is 0 Å². The van der Waals surface area contributed by atoms with Crippen LogP contribution in [0.3, 0.4) is 0 Å². The summed E-state index contributed by atoms with van der Waals surface area (Å²) in [5.74, 6) is 0.799. The summed E-state index contributed by atoms with van der Waals surface area (Å²) in [6.07, 6.45) is 0. The lowest BCUT2D eigenvalue weighted by molar-refractivity contribution is 0.340. The Balaban J connectivity index is 2.05. The van der Waals surface area contributed by atoms with Crippen LogP contribution in [0.5, 0.6) is 5.75 Å². The number of hydrogen-bond acceptors (Lipinski definition) is 3. The molecule has 0 fully saturated rings. The van der Waals surface area contributed by atoms with Crippen LogP contribution in [0.25, 0.3) is 0 Å². The van der Waals surface area contributed by atoms with E-state index in [9.17, 15) is 0 Å². The molecule has 2 aromatic rings. The summed E-state index contributed by atoms with van der Waals surface area (Å²) in [7, 11) is 0. The number of nitrogens with two attached hydrogens (primary N) is 1. The van der Waals surface area contributed by atoms with Crippen LogP contribution in [0.1, 0.15) is 12.5 Å². The van der Waals surface area contributed by atoms with Crippen molar-refractivity contribution in [3.63, 3.8) is 0 Å². The molecule has 0 unspecified atom stereocenters. The fourth-order valence-corrected chi connectivity index (χ4v) is 1.77. The maximum absolute atomic E-state index is 5.84. The van der Waals surface area contributed by atoms with E-state index in [4.69, 9.17) is 10.5 Å². The van der Waals surface area contributed by atoms with Gasteiger partial charge in [0.15, 0.2) is 0 Å². The van der Waals surface area contributed by atoms with E-state index in [1.165, 1.54) is 5.56 Å². The molecule has 18 heavy (non-hydrogen) atoms. The fraction of sp³-hybridized carbons (Fsp3) is 0.200. The summed E-state index contributed by atoms with van der Waals surface area (Å²) in [5.41, 5.74) is 8.75. The number of anilines is 2. The molecule has 3 N–H and O–H groups in total. The Morgan fingerprint density at radius 2 is 1.89 bits per heavy atom. The molecule has 2 rings (SSSR count). The van der Waals surface area contributed by atoms with Crippen LogP contribution in [0, 0.1) is 0 Å². The first-order valence-corrected chi connectivity index (χ1v) is 6.09. The van der Waals surface area contributed by atoms with Gasteiger partial charge in [-0.15, -0.1) is 0 Å². The molecule has 2 aromatic carbocycles. The highest BCUT2D eigenvalue weighted by molar-refractivity contribution is 5.59. The highest BCUT2D eigenvalue weighted by atomic mass is 16.5. The van der Waals surface area contributed by atoms with Gasteiger partial charge in [0.25, 0.3) is 0 Å². The number of benzene rings is 2. The monoisotopic (exact) mass is 242 g/mol. The molecule has 0 radical (unpaired) electrons. The third-order valence-corrected chi connectivity index (χ3v) is 2.58. The van der Waals surface area contributed by atoms with Gasteiger partial charge in [0.1, 0.15) is 5.75 Å². The summed E-state index contributed by atoms with van der Waals surface area (Å²) < 4.78 is 5.46. The predicted octanol–water partition coefficient (Wildman–Crippen LogP) is 3.28. The molecule has 0 spiro atoms. The molecule has 0 amide bonds. The van der Waals surface area contributed by atoms with E-state index < -0.39 is 0 Å². The van der Waals surface area contributed by atoms with Crippen LogP contribution in [-0.2, 0) is 6.54 Å². The van der Waals surface area contributed by atoms with Crippen LogP contribution in [-0.4, -0.2) is 6.61 Å². The van der Waals surface area contributed by atoms with E-state index in [0.717, 1.165) is 18.0 Å². The molecule has 0 saturated heterocycles. The molecule has 0 bridgehead atoms. The first-order valence-electron chi connectivity index (χ1n) is 6.09. The first kappa shape index (κ1) is 12.3. The third-order valence-electron chi connectivity index (χ3n) is 2.58. The largest absolute Gasteiger partial charge is 0.494 e. The zero-order valence-electron chi connectivity index (χ0n) is 10.5. The molecular formula is C15H18N2O. The van der Waals surface area contributed by atoms with Crippen molar-refractivity contribution in [1.29, 1.82) is 0 Å². The van der Waals surface area contributed by atoms with Crippen LogP contribution < -0.4 is 15.8 Å². The lowest BCUT2D eigenvalue weighted by Crippen LogP contribution is -2.01. The number of ether oxygens (including phenoxy) is 1. The average Bonchev–Trinajstić information content (AvgIpc) is 2.37. The minimum Gasteiger partial charge on any atom is -0.494 e. The van der Waals surface area contributed by atoms with E-state index in [2.05, 4.69) is 17.4 Å². The van der Waals surface area contributed by atoms with Crippen LogP contribution in [0.2, 0.25) is 0 Å². The Kier molecular flexibility index (Phi) is 4.07. The molecule has 0 saturated carbocycles. The molecule has 0 aromatic heterocycles. The Morgan fingerprint density at radius 3 is 2.61 bits per heavy atom.